The Balaban J connectivity index is 4.48. The van der Waals surface area contributed by atoms with Crippen molar-refractivity contribution in [3.8, 4) is 0 Å². The van der Waals surface area contributed by atoms with E-state index in [-0.39, 0.29) is 0 Å². The Bertz CT molecular complexity index is 167. The summed E-state index contributed by atoms with van der Waals surface area (Å²) in [5.41, 5.74) is -0.678. The molecular formula is C7H10F3N. The topological polar surface area (TPSA) is 12.0 Å². The second-order valence-electron chi connectivity index (χ2n) is 1.89. The summed E-state index contributed by atoms with van der Waals surface area (Å²) in [5.74, 6) is 0. The first-order valence-corrected chi connectivity index (χ1v) is 3.09. The number of alkyl halides is 3. The Hall–Kier alpha value is -0.930. The summed E-state index contributed by atoms with van der Waals surface area (Å²) < 4.78 is 35.8. The van der Waals surface area contributed by atoms with Crippen LogP contribution in [0.25, 0.3) is 0 Å². The van der Waals surface area contributed by atoms with Gasteiger partial charge in [0, 0.05) is 13.2 Å². The molecule has 0 radical (unpaired) electrons. The van der Waals surface area contributed by atoms with E-state index in [9.17, 15) is 13.2 Å². The van der Waals surface area contributed by atoms with E-state index in [1.165, 1.54) is 20.0 Å². The second-order valence-corrected chi connectivity index (χ2v) is 1.89. The van der Waals surface area contributed by atoms with Crippen LogP contribution in [0.15, 0.2) is 23.9 Å². The average Bonchev–Trinajstić information content (AvgIpc) is 1.85. The molecule has 0 aromatic rings. The number of hydrogen-bond donors (Lipinski definition) is 1. The van der Waals surface area contributed by atoms with Crippen molar-refractivity contribution >= 4 is 0 Å². The van der Waals surface area contributed by atoms with Crippen LogP contribution in [0.3, 0.4) is 0 Å². The minimum Gasteiger partial charge on any atom is -0.393 e. The van der Waals surface area contributed by atoms with E-state index in [1.807, 2.05) is 0 Å². The number of hydrogen-bond acceptors (Lipinski definition) is 1. The van der Waals surface area contributed by atoms with E-state index in [0.717, 1.165) is 12.3 Å². The molecule has 4 heteroatoms. The molecule has 0 heterocycles. The molecule has 0 aliphatic rings. The van der Waals surface area contributed by atoms with Crippen LogP contribution in [0.2, 0.25) is 0 Å². The van der Waals surface area contributed by atoms with Gasteiger partial charge in [-0.25, -0.2) is 0 Å². The summed E-state index contributed by atoms with van der Waals surface area (Å²) in [7, 11) is 1.43. The molecule has 0 unspecified atom stereocenters. The SMILES string of the molecule is C/C=C\C(=C/NC)C(F)(F)F. The zero-order chi connectivity index (χ0) is 8.91. The molecule has 64 valence electrons. The third kappa shape index (κ3) is 3.70. The largest absolute Gasteiger partial charge is 0.417 e. The molecule has 0 aromatic heterocycles. The van der Waals surface area contributed by atoms with Gasteiger partial charge in [-0.3, -0.25) is 0 Å². The number of allylic oxidation sites excluding steroid dienone is 3. The summed E-state index contributed by atoms with van der Waals surface area (Å²) in [6.07, 6.45) is -0.997. The van der Waals surface area contributed by atoms with Gasteiger partial charge in [0.05, 0.1) is 5.57 Å². The fraction of sp³-hybridized carbons (Fsp3) is 0.429. The van der Waals surface area contributed by atoms with Gasteiger partial charge in [-0.15, -0.1) is 0 Å². The van der Waals surface area contributed by atoms with E-state index in [1.54, 1.807) is 0 Å². The maximum Gasteiger partial charge on any atom is 0.417 e. The highest BCUT2D eigenvalue weighted by Crippen LogP contribution is 2.25. The van der Waals surface area contributed by atoms with Gasteiger partial charge in [0.25, 0.3) is 0 Å². The maximum absolute atomic E-state index is 11.9. The van der Waals surface area contributed by atoms with Crippen molar-refractivity contribution in [3.05, 3.63) is 23.9 Å². The summed E-state index contributed by atoms with van der Waals surface area (Å²) >= 11 is 0. The van der Waals surface area contributed by atoms with Gasteiger partial charge >= 0.3 is 6.18 Å². The van der Waals surface area contributed by atoms with Crippen LogP contribution in [0, 0.1) is 0 Å². The molecule has 1 N–H and O–H groups in total. The van der Waals surface area contributed by atoms with Gasteiger partial charge in [0.1, 0.15) is 0 Å². The maximum atomic E-state index is 11.9. The van der Waals surface area contributed by atoms with Crippen LogP contribution in [0.1, 0.15) is 6.92 Å². The molecule has 0 saturated heterocycles. The molecule has 1 nitrogen and oxygen atoms in total. The standard InChI is InChI=1S/C7H10F3N/c1-3-4-6(5-11-2)7(8,9)10/h3-5,11H,1-2H3/b4-3-,6-5+. The molecule has 0 saturated carbocycles. The molecule has 0 aliphatic carbocycles. The lowest BCUT2D eigenvalue weighted by Gasteiger charge is -2.06. The first-order valence-electron chi connectivity index (χ1n) is 3.09. The lowest BCUT2D eigenvalue weighted by atomic mass is 10.2. The van der Waals surface area contributed by atoms with Crippen LogP contribution in [0.4, 0.5) is 13.2 Å². The molecular weight excluding hydrogens is 155 g/mol. The Morgan fingerprint density at radius 3 is 2.18 bits per heavy atom. The first-order chi connectivity index (χ1) is 5.02. The average molecular weight is 165 g/mol. The fourth-order valence-corrected chi connectivity index (χ4v) is 0.559. The summed E-state index contributed by atoms with van der Waals surface area (Å²) in [6.45, 7) is 1.54. The van der Waals surface area contributed by atoms with Gasteiger partial charge in [-0.2, -0.15) is 13.2 Å². The quantitative estimate of drug-likeness (QED) is 0.618. The van der Waals surface area contributed by atoms with Crippen LogP contribution in [-0.4, -0.2) is 13.2 Å². The number of rotatable bonds is 2. The van der Waals surface area contributed by atoms with Crippen molar-refractivity contribution in [2.45, 2.75) is 13.1 Å². The predicted molar refractivity (Wildman–Crippen MR) is 38.0 cm³/mol. The van der Waals surface area contributed by atoms with E-state index in [0.29, 0.717) is 0 Å². The summed E-state index contributed by atoms with van der Waals surface area (Å²) in [5, 5.41) is 2.33. The predicted octanol–water partition coefficient (Wildman–Crippen LogP) is 2.23. The highest BCUT2D eigenvalue weighted by Gasteiger charge is 2.31. The van der Waals surface area contributed by atoms with E-state index in [2.05, 4.69) is 5.32 Å². The van der Waals surface area contributed by atoms with Crippen molar-refractivity contribution < 1.29 is 13.2 Å². The molecule has 0 spiro atoms. The van der Waals surface area contributed by atoms with Crippen molar-refractivity contribution in [2.75, 3.05) is 7.05 Å². The molecule has 0 amide bonds. The molecule has 11 heavy (non-hydrogen) atoms. The Morgan fingerprint density at radius 2 is 1.91 bits per heavy atom. The number of halogens is 3. The van der Waals surface area contributed by atoms with Crippen LogP contribution >= 0.6 is 0 Å². The summed E-state index contributed by atoms with van der Waals surface area (Å²) in [6, 6.07) is 0. The molecule has 0 fully saturated rings. The van der Waals surface area contributed by atoms with Gasteiger partial charge < -0.3 is 5.32 Å². The van der Waals surface area contributed by atoms with Crippen molar-refractivity contribution in [2.24, 2.45) is 0 Å². The molecule has 0 aliphatic heterocycles. The van der Waals surface area contributed by atoms with Gasteiger partial charge in [-0.05, 0) is 6.92 Å². The van der Waals surface area contributed by atoms with Crippen LogP contribution in [-0.2, 0) is 0 Å². The zero-order valence-corrected chi connectivity index (χ0v) is 6.37. The van der Waals surface area contributed by atoms with Crippen molar-refractivity contribution in [3.63, 3.8) is 0 Å². The molecule has 0 rings (SSSR count). The molecule has 0 bridgehead atoms. The van der Waals surface area contributed by atoms with Crippen molar-refractivity contribution in [1.82, 2.24) is 5.32 Å². The Morgan fingerprint density at radius 1 is 1.36 bits per heavy atom. The Kier molecular flexibility index (Phi) is 3.71. The highest BCUT2D eigenvalue weighted by molar-refractivity contribution is 5.22. The zero-order valence-electron chi connectivity index (χ0n) is 6.37. The lowest BCUT2D eigenvalue weighted by Crippen LogP contribution is -2.12. The van der Waals surface area contributed by atoms with Crippen molar-refractivity contribution in [1.29, 1.82) is 0 Å². The minimum atomic E-state index is -4.27. The van der Waals surface area contributed by atoms with E-state index < -0.39 is 11.7 Å². The fourth-order valence-electron chi connectivity index (χ4n) is 0.559. The summed E-state index contributed by atoms with van der Waals surface area (Å²) in [4.78, 5) is 0. The Labute approximate surface area is 63.6 Å². The van der Waals surface area contributed by atoms with Crippen LogP contribution in [0.5, 0.6) is 0 Å². The number of nitrogens with one attached hydrogen (secondary N) is 1. The molecule has 0 aromatic carbocycles. The minimum absolute atomic E-state index is 0.678. The monoisotopic (exact) mass is 165 g/mol. The molecule has 0 atom stereocenters. The van der Waals surface area contributed by atoms with Gasteiger partial charge in [-0.1, -0.05) is 12.2 Å². The third-order valence-electron chi connectivity index (χ3n) is 0.973. The third-order valence-corrected chi connectivity index (χ3v) is 0.973. The van der Waals surface area contributed by atoms with E-state index >= 15 is 0 Å². The second kappa shape index (κ2) is 4.05. The van der Waals surface area contributed by atoms with Gasteiger partial charge in [0.2, 0.25) is 0 Å². The van der Waals surface area contributed by atoms with Crippen LogP contribution < -0.4 is 5.32 Å². The first kappa shape index (κ1) is 10.1. The lowest BCUT2D eigenvalue weighted by molar-refractivity contribution is -0.0885. The van der Waals surface area contributed by atoms with Gasteiger partial charge in [0.15, 0.2) is 0 Å². The van der Waals surface area contributed by atoms with E-state index in [4.69, 9.17) is 0 Å². The highest BCUT2D eigenvalue weighted by atomic mass is 19.4. The smallest absolute Gasteiger partial charge is 0.393 e. The normalized spacial score (nSPS) is 14.1.